The third kappa shape index (κ3) is 4.80. The summed E-state index contributed by atoms with van der Waals surface area (Å²) in [7, 11) is 0. The number of nitrogens with one attached hydrogen (secondary N) is 1. The van der Waals surface area contributed by atoms with Crippen LogP contribution >= 0.6 is 0 Å². The molecule has 0 bridgehead atoms. The lowest BCUT2D eigenvalue weighted by Gasteiger charge is -2.23. The van der Waals surface area contributed by atoms with Crippen LogP contribution < -0.4 is 5.32 Å². The van der Waals surface area contributed by atoms with E-state index in [2.05, 4.69) is 11.4 Å². The minimum atomic E-state index is -0.433. The van der Waals surface area contributed by atoms with Crippen LogP contribution in [-0.2, 0) is 6.54 Å². The zero-order chi connectivity index (χ0) is 13.6. The van der Waals surface area contributed by atoms with E-state index in [1.54, 1.807) is 0 Å². The fourth-order valence-electron chi connectivity index (χ4n) is 1.70. The molecule has 0 saturated carbocycles. The summed E-state index contributed by atoms with van der Waals surface area (Å²) in [6.07, 6.45) is 1.28. The van der Waals surface area contributed by atoms with E-state index in [4.69, 9.17) is 5.26 Å². The van der Waals surface area contributed by atoms with E-state index in [0.29, 0.717) is 25.1 Å². The van der Waals surface area contributed by atoms with Crippen LogP contribution in [0.3, 0.4) is 0 Å². The van der Waals surface area contributed by atoms with Crippen LogP contribution in [0.5, 0.6) is 0 Å². The molecule has 0 amide bonds. The van der Waals surface area contributed by atoms with Gasteiger partial charge >= 0.3 is 0 Å². The number of hydrogen-bond acceptors (Lipinski definition) is 2. The number of halogens is 2. The van der Waals surface area contributed by atoms with Gasteiger partial charge in [0.1, 0.15) is 11.6 Å². The van der Waals surface area contributed by atoms with Gasteiger partial charge in [0.15, 0.2) is 0 Å². The maximum Gasteiger partial charge on any atom is 0.127 e. The molecule has 1 N–H and O–H groups in total. The molecule has 0 unspecified atom stereocenters. The maximum atomic E-state index is 13.3. The molecule has 1 aromatic rings. The second kappa shape index (κ2) is 6.46. The average Bonchev–Trinajstić information content (AvgIpc) is 2.31. The van der Waals surface area contributed by atoms with Gasteiger partial charge in [-0.15, -0.1) is 0 Å². The minimum Gasteiger partial charge on any atom is -0.312 e. The van der Waals surface area contributed by atoms with Crippen molar-refractivity contribution >= 4 is 0 Å². The topological polar surface area (TPSA) is 35.8 Å². The Morgan fingerprint density at radius 2 is 2.06 bits per heavy atom. The molecule has 4 heteroatoms. The molecule has 98 valence electrons. The van der Waals surface area contributed by atoms with Crippen LogP contribution in [0.25, 0.3) is 0 Å². The molecule has 0 radical (unpaired) electrons. The number of nitrogens with zero attached hydrogens (tertiary/aromatic N) is 1. The Morgan fingerprint density at radius 3 is 2.72 bits per heavy atom. The smallest absolute Gasteiger partial charge is 0.127 e. The normalized spacial score (nSPS) is 11.3. The summed E-state index contributed by atoms with van der Waals surface area (Å²) in [6, 6.07) is 5.55. The molecule has 0 aromatic heterocycles. The summed E-state index contributed by atoms with van der Waals surface area (Å²) in [6.45, 7) is 5.03. The molecule has 1 aromatic carbocycles. The summed E-state index contributed by atoms with van der Waals surface area (Å²) in [5.74, 6) is -0.837. The summed E-state index contributed by atoms with van der Waals surface area (Å²) < 4.78 is 26.3. The average molecular weight is 252 g/mol. The first kappa shape index (κ1) is 14.6. The van der Waals surface area contributed by atoms with Crippen LogP contribution in [0.4, 0.5) is 8.78 Å². The molecule has 0 aliphatic rings. The van der Waals surface area contributed by atoms with Crippen LogP contribution in [-0.4, -0.2) is 6.54 Å². The molecule has 0 heterocycles. The highest BCUT2D eigenvalue weighted by Gasteiger charge is 2.17. The van der Waals surface area contributed by atoms with Crippen LogP contribution in [0.2, 0.25) is 0 Å². The Kier molecular flexibility index (Phi) is 5.24. The number of rotatable bonds is 6. The minimum absolute atomic E-state index is 0.0282. The fraction of sp³-hybridized carbons (Fsp3) is 0.500. The number of benzene rings is 1. The Hall–Kier alpha value is -1.47. The Balaban J connectivity index is 2.46. The molecule has 1 rings (SSSR count). The first-order valence-electron chi connectivity index (χ1n) is 5.96. The predicted molar refractivity (Wildman–Crippen MR) is 66.7 cm³/mol. The third-order valence-electron chi connectivity index (χ3n) is 2.84. The first-order valence-corrected chi connectivity index (χ1v) is 5.96. The monoisotopic (exact) mass is 252 g/mol. The number of hydrogen-bond donors (Lipinski definition) is 1. The van der Waals surface area contributed by atoms with E-state index >= 15 is 0 Å². The lowest BCUT2D eigenvalue weighted by atomic mass is 9.88. The van der Waals surface area contributed by atoms with Crippen molar-refractivity contribution < 1.29 is 8.78 Å². The van der Waals surface area contributed by atoms with E-state index in [0.717, 1.165) is 18.6 Å². The Bertz CT molecular complexity index is 436. The Labute approximate surface area is 107 Å². The SMILES string of the molecule is CC(C)(CCC#N)CNCc1cc(F)ccc1F. The lowest BCUT2D eigenvalue weighted by Crippen LogP contribution is -2.29. The van der Waals surface area contributed by atoms with Gasteiger partial charge in [-0.05, 0) is 30.0 Å². The van der Waals surface area contributed by atoms with Gasteiger partial charge in [-0.2, -0.15) is 5.26 Å². The largest absolute Gasteiger partial charge is 0.312 e. The van der Waals surface area contributed by atoms with E-state index in [9.17, 15) is 8.78 Å². The van der Waals surface area contributed by atoms with E-state index in [-0.39, 0.29) is 5.41 Å². The van der Waals surface area contributed by atoms with Crippen molar-refractivity contribution in [3.8, 4) is 6.07 Å². The van der Waals surface area contributed by atoms with Gasteiger partial charge in [0, 0.05) is 25.1 Å². The van der Waals surface area contributed by atoms with Gasteiger partial charge in [0.2, 0.25) is 0 Å². The van der Waals surface area contributed by atoms with E-state index in [1.807, 2.05) is 13.8 Å². The summed E-state index contributed by atoms with van der Waals surface area (Å²) in [5.41, 5.74) is 0.297. The van der Waals surface area contributed by atoms with Crippen molar-refractivity contribution in [1.82, 2.24) is 5.32 Å². The van der Waals surface area contributed by atoms with Gasteiger partial charge in [-0.25, -0.2) is 8.78 Å². The Morgan fingerprint density at radius 1 is 1.33 bits per heavy atom. The van der Waals surface area contributed by atoms with Gasteiger partial charge in [-0.1, -0.05) is 13.8 Å². The zero-order valence-electron chi connectivity index (χ0n) is 10.8. The second-order valence-corrected chi connectivity index (χ2v) is 5.16. The molecule has 2 nitrogen and oxygen atoms in total. The first-order chi connectivity index (χ1) is 8.44. The lowest BCUT2D eigenvalue weighted by molar-refractivity contribution is 0.316. The van der Waals surface area contributed by atoms with Crippen molar-refractivity contribution in [2.45, 2.75) is 33.2 Å². The quantitative estimate of drug-likeness (QED) is 0.842. The standard InChI is InChI=1S/C14H18F2N2/c1-14(2,6-3-7-17)10-18-9-11-8-12(15)4-5-13(11)16/h4-5,8,18H,3,6,9-10H2,1-2H3. The predicted octanol–water partition coefficient (Wildman–Crippen LogP) is 3.38. The van der Waals surface area contributed by atoms with Crippen molar-refractivity contribution in [3.05, 3.63) is 35.4 Å². The molecule has 18 heavy (non-hydrogen) atoms. The van der Waals surface area contributed by atoms with Crippen molar-refractivity contribution in [3.63, 3.8) is 0 Å². The number of nitriles is 1. The molecular formula is C14H18F2N2. The molecule has 0 saturated heterocycles. The highest BCUT2D eigenvalue weighted by molar-refractivity contribution is 5.18. The molecule has 0 spiro atoms. The van der Waals surface area contributed by atoms with E-state index in [1.165, 1.54) is 6.07 Å². The summed E-state index contributed by atoms with van der Waals surface area (Å²) >= 11 is 0. The third-order valence-corrected chi connectivity index (χ3v) is 2.84. The van der Waals surface area contributed by atoms with Crippen molar-refractivity contribution in [2.24, 2.45) is 5.41 Å². The van der Waals surface area contributed by atoms with Crippen LogP contribution in [0.1, 0.15) is 32.3 Å². The maximum absolute atomic E-state index is 13.3. The molecule has 0 aliphatic carbocycles. The summed E-state index contributed by atoms with van der Waals surface area (Å²) in [5, 5.41) is 11.6. The second-order valence-electron chi connectivity index (χ2n) is 5.16. The van der Waals surface area contributed by atoms with Crippen molar-refractivity contribution in [1.29, 1.82) is 5.26 Å². The summed E-state index contributed by atoms with van der Waals surface area (Å²) in [4.78, 5) is 0. The van der Waals surface area contributed by atoms with Gasteiger partial charge in [0.05, 0.1) is 6.07 Å². The highest BCUT2D eigenvalue weighted by Crippen LogP contribution is 2.21. The van der Waals surface area contributed by atoms with Gasteiger partial charge in [-0.3, -0.25) is 0 Å². The van der Waals surface area contributed by atoms with Crippen LogP contribution in [0, 0.1) is 28.4 Å². The molecule has 0 atom stereocenters. The zero-order valence-corrected chi connectivity index (χ0v) is 10.8. The van der Waals surface area contributed by atoms with Gasteiger partial charge < -0.3 is 5.32 Å². The highest BCUT2D eigenvalue weighted by atomic mass is 19.1. The van der Waals surface area contributed by atoms with E-state index < -0.39 is 11.6 Å². The van der Waals surface area contributed by atoms with Crippen molar-refractivity contribution in [2.75, 3.05) is 6.54 Å². The molecular weight excluding hydrogens is 234 g/mol. The molecule has 0 aliphatic heterocycles. The fourth-order valence-corrected chi connectivity index (χ4v) is 1.70. The van der Waals surface area contributed by atoms with Gasteiger partial charge in [0.25, 0.3) is 0 Å². The van der Waals surface area contributed by atoms with Crippen LogP contribution in [0.15, 0.2) is 18.2 Å². The molecule has 0 fully saturated rings.